The summed E-state index contributed by atoms with van der Waals surface area (Å²) in [5.41, 5.74) is -3.23. The van der Waals surface area contributed by atoms with Crippen molar-refractivity contribution in [2.24, 2.45) is 0 Å². The molecule has 3 aromatic rings. The van der Waals surface area contributed by atoms with Crippen molar-refractivity contribution in [3.05, 3.63) is 82.2 Å². The molecule has 0 radical (unpaired) electrons. The second kappa shape index (κ2) is 9.15. The minimum absolute atomic E-state index is 0.0232. The van der Waals surface area contributed by atoms with Crippen LogP contribution < -0.4 is 5.32 Å². The molecule has 3 rings (SSSR count). The van der Waals surface area contributed by atoms with Crippen LogP contribution in [0.25, 0.3) is 0 Å². The molecule has 7 nitrogen and oxygen atoms in total. The minimum Gasteiger partial charge on any atom is -0.478 e. The fourth-order valence-corrected chi connectivity index (χ4v) is 3.12. The van der Waals surface area contributed by atoms with Gasteiger partial charge in [0.25, 0.3) is 5.91 Å². The highest BCUT2D eigenvalue weighted by Gasteiger charge is 2.41. The number of hydrogen-bond donors (Lipinski definition) is 2. The van der Waals surface area contributed by atoms with Crippen molar-refractivity contribution in [3.63, 3.8) is 0 Å². The zero-order valence-corrected chi connectivity index (χ0v) is 17.3. The zero-order valence-electron chi connectivity index (χ0n) is 17.3. The van der Waals surface area contributed by atoms with Crippen LogP contribution in [0.1, 0.15) is 56.2 Å². The second-order valence-electron chi connectivity index (χ2n) is 7.26. The Kier molecular flexibility index (Phi) is 6.66. The number of carbonyl (C=O) groups excluding carboxylic acids is 1. The lowest BCUT2D eigenvalue weighted by atomic mass is 10.1. The third-order valence-electron chi connectivity index (χ3n) is 4.81. The highest BCUT2D eigenvalue weighted by molar-refractivity contribution is 5.94. The van der Waals surface area contributed by atoms with E-state index in [0.29, 0.717) is 10.2 Å². The van der Waals surface area contributed by atoms with E-state index in [4.69, 9.17) is 5.11 Å². The summed E-state index contributed by atoms with van der Waals surface area (Å²) < 4.78 is 79.9. The predicted molar refractivity (Wildman–Crippen MR) is 105 cm³/mol. The average Bonchev–Trinajstić information content (AvgIpc) is 3.17. The van der Waals surface area contributed by atoms with Gasteiger partial charge < -0.3 is 10.4 Å². The van der Waals surface area contributed by atoms with Crippen molar-refractivity contribution in [2.75, 3.05) is 0 Å². The van der Waals surface area contributed by atoms with Crippen LogP contribution >= 0.6 is 0 Å². The summed E-state index contributed by atoms with van der Waals surface area (Å²) in [6.45, 7) is 0.888. The molecule has 0 saturated heterocycles. The lowest BCUT2D eigenvalue weighted by molar-refractivity contribution is -0.141. The minimum atomic E-state index is -5.05. The van der Waals surface area contributed by atoms with E-state index >= 15 is 0 Å². The third-order valence-corrected chi connectivity index (χ3v) is 4.81. The maximum atomic E-state index is 13.5. The van der Waals surface area contributed by atoms with Gasteiger partial charge in [-0.3, -0.25) is 4.79 Å². The number of carboxylic acid groups (broad SMARTS) is 1. The molecular weight excluding hydrogens is 470 g/mol. The lowest BCUT2D eigenvalue weighted by Crippen LogP contribution is -2.31. The van der Waals surface area contributed by atoms with Crippen LogP contribution in [0.15, 0.2) is 48.5 Å². The summed E-state index contributed by atoms with van der Waals surface area (Å²) in [6, 6.07) is 8.34. The van der Waals surface area contributed by atoms with Crippen molar-refractivity contribution >= 4 is 11.9 Å². The van der Waals surface area contributed by atoms with E-state index < -0.39 is 53.8 Å². The number of amides is 1. The number of aromatic nitrogens is 3. The van der Waals surface area contributed by atoms with E-state index in [1.165, 1.54) is 37.3 Å². The van der Waals surface area contributed by atoms with Crippen molar-refractivity contribution in [1.29, 1.82) is 0 Å². The normalized spacial score (nSPS) is 12.9. The molecule has 0 bridgehead atoms. The number of nitrogens with one attached hydrogen (secondary N) is 1. The van der Waals surface area contributed by atoms with Gasteiger partial charge in [0, 0.05) is 0 Å². The number of carboxylic acids is 1. The van der Waals surface area contributed by atoms with Gasteiger partial charge >= 0.3 is 18.3 Å². The smallest absolute Gasteiger partial charge is 0.437 e. The molecule has 0 spiro atoms. The third kappa shape index (κ3) is 5.53. The number of benzene rings is 2. The van der Waals surface area contributed by atoms with E-state index in [0.717, 1.165) is 18.2 Å². The summed E-state index contributed by atoms with van der Waals surface area (Å²) in [4.78, 5) is 23.7. The zero-order chi connectivity index (χ0) is 25.3. The maximum Gasteiger partial charge on any atom is 0.437 e. The SMILES string of the molecule is C[C@H](NC(=O)c1c(C(F)(F)F)nnn1Cc1cccc(C(F)(F)F)c1)c1ccc(C(=O)O)cc1. The molecule has 1 atom stereocenters. The maximum absolute atomic E-state index is 13.5. The van der Waals surface area contributed by atoms with Crippen LogP contribution in [0.4, 0.5) is 26.3 Å². The molecule has 1 amide bonds. The van der Waals surface area contributed by atoms with E-state index in [-0.39, 0.29) is 11.1 Å². The number of aromatic carboxylic acids is 1. The van der Waals surface area contributed by atoms with Crippen molar-refractivity contribution < 1.29 is 41.0 Å². The Labute approximate surface area is 188 Å². The molecule has 0 unspecified atom stereocenters. The second-order valence-corrected chi connectivity index (χ2v) is 7.26. The van der Waals surface area contributed by atoms with Gasteiger partial charge in [0.2, 0.25) is 0 Å². The first-order valence-electron chi connectivity index (χ1n) is 9.58. The van der Waals surface area contributed by atoms with Crippen LogP contribution in [0, 0.1) is 0 Å². The molecule has 0 aliphatic rings. The van der Waals surface area contributed by atoms with Gasteiger partial charge in [0.05, 0.1) is 23.7 Å². The molecule has 0 aliphatic carbocycles. The Balaban J connectivity index is 1.91. The average molecular weight is 486 g/mol. The van der Waals surface area contributed by atoms with E-state index in [2.05, 4.69) is 15.6 Å². The first kappa shape index (κ1) is 24.7. The molecule has 2 aromatic carbocycles. The number of hydrogen-bond acceptors (Lipinski definition) is 4. The Bertz CT molecular complexity index is 1200. The topological polar surface area (TPSA) is 97.1 Å². The molecule has 2 N–H and O–H groups in total. The summed E-state index contributed by atoms with van der Waals surface area (Å²) in [5, 5.41) is 17.7. The Hall–Kier alpha value is -3.90. The van der Waals surface area contributed by atoms with Crippen LogP contribution in [-0.2, 0) is 18.9 Å². The fraction of sp³-hybridized carbons (Fsp3) is 0.238. The molecule has 1 aromatic heterocycles. The van der Waals surface area contributed by atoms with Gasteiger partial charge in [-0.05, 0) is 42.3 Å². The van der Waals surface area contributed by atoms with Crippen LogP contribution in [-0.4, -0.2) is 32.0 Å². The fourth-order valence-electron chi connectivity index (χ4n) is 3.12. The Morgan fingerprint density at radius 3 is 2.24 bits per heavy atom. The van der Waals surface area contributed by atoms with Crippen molar-refractivity contribution in [1.82, 2.24) is 20.3 Å². The molecule has 34 heavy (non-hydrogen) atoms. The Morgan fingerprint density at radius 2 is 1.68 bits per heavy atom. The van der Waals surface area contributed by atoms with Crippen molar-refractivity contribution in [3.8, 4) is 0 Å². The molecule has 0 saturated carbocycles. The molecule has 0 fully saturated rings. The number of alkyl halides is 6. The number of halogens is 6. The number of rotatable bonds is 6. The van der Waals surface area contributed by atoms with Crippen molar-refractivity contribution in [2.45, 2.75) is 31.9 Å². The van der Waals surface area contributed by atoms with E-state index in [1.54, 1.807) is 0 Å². The molecule has 13 heteroatoms. The van der Waals surface area contributed by atoms with Gasteiger partial charge in [-0.1, -0.05) is 29.5 Å². The van der Waals surface area contributed by atoms with Crippen LogP contribution in [0.2, 0.25) is 0 Å². The lowest BCUT2D eigenvalue weighted by Gasteiger charge is -2.16. The summed E-state index contributed by atoms with van der Waals surface area (Å²) in [5.74, 6) is -2.39. The van der Waals surface area contributed by atoms with E-state index in [9.17, 15) is 35.9 Å². The standard InChI is InChI=1S/C21H16F6N4O3/c1-11(13-5-7-14(8-6-13)19(33)34)28-18(32)16-17(21(25,26)27)29-30-31(16)10-12-3-2-4-15(9-12)20(22,23)24/h2-9,11H,10H2,1H3,(H,28,32)(H,33,34)/t11-/m0/s1. The van der Waals surface area contributed by atoms with Gasteiger partial charge in [-0.15, -0.1) is 5.10 Å². The van der Waals surface area contributed by atoms with Gasteiger partial charge in [-0.2, -0.15) is 26.3 Å². The highest BCUT2D eigenvalue weighted by atomic mass is 19.4. The molecule has 180 valence electrons. The van der Waals surface area contributed by atoms with Crippen LogP contribution in [0.5, 0.6) is 0 Å². The van der Waals surface area contributed by atoms with Crippen LogP contribution in [0.3, 0.4) is 0 Å². The Morgan fingerprint density at radius 1 is 1.03 bits per heavy atom. The van der Waals surface area contributed by atoms with Gasteiger partial charge in [0.1, 0.15) is 0 Å². The van der Waals surface area contributed by atoms with Gasteiger partial charge in [0.15, 0.2) is 11.4 Å². The van der Waals surface area contributed by atoms with E-state index in [1.807, 2.05) is 0 Å². The summed E-state index contributed by atoms with van der Waals surface area (Å²) >= 11 is 0. The van der Waals surface area contributed by atoms with Gasteiger partial charge in [-0.25, -0.2) is 9.48 Å². The predicted octanol–water partition coefficient (Wildman–Crippen LogP) is 4.55. The largest absolute Gasteiger partial charge is 0.478 e. The first-order chi connectivity index (χ1) is 15.8. The summed E-state index contributed by atoms with van der Waals surface area (Å²) in [6.07, 6.45) is -9.72. The number of carbonyl (C=O) groups is 2. The molecular formula is C21H16F6N4O3. The summed E-state index contributed by atoms with van der Waals surface area (Å²) in [7, 11) is 0. The molecule has 0 aliphatic heterocycles. The number of nitrogens with zero attached hydrogens (tertiary/aromatic N) is 3. The highest BCUT2D eigenvalue weighted by Crippen LogP contribution is 2.32. The first-order valence-corrected chi connectivity index (χ1v) is 9.58. The quantitative estimate of drug-likeness (QED) is 0.499. The molecule has 1 heterocycles. The monoisotopic (exact) mass is 486 g/mol.